The van der Waals surface area contributed by atoms with Gasteiger partial charge in [0.15, 0.2) is 0 Å². The van der Waals surface area contributed by atoms with E-state index in [2.05, 4.69) is 4.37 Å². The van der Waals surface area contributed by atoms with E-state index in [0.717, 1.165) is 10.4 Å². The fourth-order valence-corrected chi connectivity index (χ4v) is 2.58. The Balaban J connectivity index is 2.33. The van der Waals surface area contributed by atoms with E-state index in [-0.39, 0.29) is 0 Å². The molecule has 0 aliphatic rings. The first kappa shape index (κ1) is 9.15. The van der Waals surface area contributed by atoms with E-state index in [0.29, 0.717) is 4.34 Å². The van der Waals surface area contributed by atoms with Crippen LogP contribution >= 0.6 is 34.5 Å². The molecule has 0 saturated heterocycles. The predicted molar refractivity (Wildman–Crippen MR) is 55.5 cm³/mol. The SMILES string of the molecule is OC(c1ccns1)c1ccsc1Cl. The number of rotatable bonds is 2. The number of aliphatic hydroxyl groups excluding tert-OH is 1. The van der Waals surface area contributed by atoms with Crippen LogP contribution < -0.4 is 0 Å². The van der Waals surface area contributed by atoms with Crippen molar-refractivity contribution >= 4 is 34.5 Å². The lowest BCUT2D eigenvalue weighted by Gasteiger charge is -2.05. The Bertz CT molecular complexity index is 385. The highest BCUT2D eigenvalue weighted by Crippen LogP contribution is 2.33. The first-order valence-electron chi connectivity index (χ1n) is 3.60. The lowest BCUT2D eigenvalue weighted by molar-refractivity contribution is 0.225. The highest BCUT2D eigenvalue weighted by molar-refractivity contribution is 7.14. The summed E-state index contributed by atoms with van der Waals surface area (Å²) >= 11 is 8.60. The lowest BCUT2D eigenvalue weighted by Crippen LogP contribution is -1.94. The van der Waals surface area contributed by atoms with Gasteiger partial charge in [0.25, 0.3) is 0 Å². The lowest BCUT2D eigenvalue weighted by atomic mass is 10.2. The number of nitrogens with zero attached hydrogens (tertiary/aromatic N) is 1. The summed E-state index contributed by atoms with van der Waals surface area (Å²) in [5.74, 6) is 0. The summed E-state index contributed by atoms with van der Waals surface area (Å²) in [6, 6.07) is 3.63. The summed E-state index contributed by atoms with van der Waals surface area (Å²) in [5, 5.41) is 11.7. The van der Waals surface area contributed by atoms with E-state index in [1.54, 1.807) is 12.3 Å². The minimum atomic E-state index is -0.633. The zero-order valence-electron chi connectivity index (χ0n) is 6.48. The summed E-state index contributed by atoms with van der Waals surface area (Å²) in [7, 11) is 0. The van der Waals surface area contributed by atoms with Crippen molar-refractivity contribution in [1.29, 1.82) is 0 Å². The highest BCUT2D eigenvalue weighted by Gasteiger charge is 2.15. The number of hydrogen-bond acceptors (Lipinski definition) is 4. The molecular weight excluding hydrogens is 226 g/mol. The summed E-state index contributed by atoms with van der Waals surface area (Å²) in [5.41, 5.74) is 0.760. The largest absolute Gasteiger partial charge is 0.383 e. The molecule has 5 heteroatoms. The van der Waals surface area contributed by atoms with Crippen LogP contribution in [0.15, 0.2) is 23.7 Å². The fourth-order valence-electron chi connectivity index (χ4n) is 1.02. The minimum absolute atomic E-state index is 0.633. The van der Waals surface area contributed by atoms with Crippen molar-refractivity contribution in [3.63, 3.8) is 0 Å². The van der Waals surface area contributed by atoms with Gasteiger partial charge in [0.1, 0.15) is 6.10 Å². The first-order valence-corrected chi connectivity index (χ1v) is 5.63. The summed E-state index contributed by atoms with van der Waals surface area (Å²) < 4.78 is 4.56. The Hall–Kier alpha value is -0.420. The quantitative estimate of drug-likeness (QED) is 0.862. The van der Waals surface area contributed by atoms with E-state index >= 15 is 0 Å². The van der Waals surface area contributed by atoms with Gasteiger partial charge in [-0.3, -0.25) is 0 Å². The van der Waals surface area contributed by atoms with Crippen LogP contribution in [0.2, 0.25) is 4.34 Å². The van der Waals surface area contributed by atoms with Gasteiger partial charge >= 0.3 is 0 Å². The molecule has 0 aromatic carbocycles. The molecular formula is C8H6ClNOS2. The number of aromatic nitrogens is 1. The average molecular weight is 232 g/mol. The van der Waals surface area contributed by atoms with Crippen molar-refractivity contribution in [1.82, 2.24) is 4.37 Å². The average Bonchev–Trinajstić information content (AvgIpc) is 2.72. The van der Waals surface area contributed by atoms with Crippen molar-refractivity contribution in [3.8, 4) is 0 Å². The normalized spacial score (nSPS) is 13.1. The molecule has 68 valence electrons. The van der Waals surface area contributed by atoms with Crippen molar-refractivity contribution < 1.29 is 5.11 Å². The zero-order valence-corrected chi connectivity index (χ0v) is 8.86. The molecule has 2 heterocycles. The minimum Gasteiger partial charge on any atom is -0.383 e. The molecule has 0 spiro atoms. The van der Waals surface area contributed by atoms with Gasteiger partial charge in [-0.1, -0.05) is 11.6 Å². The third-order valence-corrected chi connectivity index (χ3v) is 3.67. The molecule has 0 amide bonds. The van der Waals surface area contributed by atoms with Gasteiger partial charge in [-0.15, -0.1) is 11.3 Å². The Morgan fingerprint density at radius 3 is 2.85 bits per heavy atom. The second-order valence-corrected chi connectivity index (χ2v) is 4.85. The number of thiophene rings is 1. The summed E-state index contributed by atoms with van der Waals surface area (Å²) in [6.07, 6.45) is 1.04. The molecule has 1 N–H and O–H groups in total. The van der Waals surface area contributed by atoms with E-state index in [1.165, 1.54) is 22.9 Å². The predicted octanol–water partition coefficient (Wildman–Crippen LogP) is 2.94. The zero-order chi connectivity index (χ0) is 9.26. The molecule has 0 saturated carbocycles. The maximum Gasteiger partial charge on any atom is 0.117 e. The second-order valence-electron chi connectivity index (χ2n) is 2.47. The molecule has 1 atom stereocenters. The van der Waals surface area contributed by atoms with E-state index in [4.69, 9.17) is 11.6 Å². The molecule has 0 fully saturated rings. The summed E-state index contributed by atoms with van der Waals surface area (Å²) in [6.45, 7) is 0. The highest BCUT2D eigenvalue weighted by atomic mass is 35.5. The van der Waals surface area contributed by atoms with Gasteiger partial charge < -0.3 is 5.11 Å². The van der Waals surface area contributed by atoms with Crippen LogP contribution in [0.4, 0.5) is 0 Å². The van der Waals surface area contributed by atoms with E-state index in [9.17, 15) is 5.11 Å². The van der Waals surface area contributed by atoms with Gasteiger partial charge in [0.05, 0.1) is 9.21 Å². The Morgan fingerprint density at radius 1 is 1.46 bits per heavy atom. The van der Waals surface area contributed by atoms with Crippen LogP contribution in [0.25, 0.3) is 0 Å². The molecule has 2 nitrogen and oxygen atoms in total. The molecule has 13 heavy (non-hydrogen) atoms. The smallest absolute Gasteiger partial charge is 0.117 e. The Morgan fingerprint density at radius 2 is 2.31 bits per heavy atom. The number of aliphatic hydroxyl groups is 1. The van der Waals surface area contributed by atoms with Gasteiger partial charge in [0.2, 0.25) is 0 Å². The van der Waals surface area contributed by atoms with Crippen molar-refractivity contribution in [2.45, 2.75) is 6.10 Å². The fraction of sp³-hybridized carbons (Fsp3) is 0.125. The monoisotopic (exact) mass is 231 g/mol. The number of hydrogen-bond donors (Lipinski definition) is 1. The van der Waals surface area contributed by atoms with Crippen LogP contribution in [0.1, 0.15) is 16.5 Å². The van der Waals surface area contributed by atoms with Crippen LogP contribution in [0, 0.1) is 0 Å². The maximum absolute atomic E-state index is 9.84. The molecule has 2 aromatic rings. The van der Waals surface area contributed by atoms with Gasteiger partial charge in [-0.05, 0) is 29.0 Å². The van der Waals surface area contributed by atoms with E-state index < -0.39 is 6.10 Å². The van der Waals surface area contributed by atoms with Crippen molar-refractivity contribution in [2.75, 3.05) is 0 Å². The molecule has 2 rings (SSSR count). The third-order valence-electron chi connectivity index (χ3n) is 1.67. The summed E-state index contributed by atoms with van der Waals surface area (Å²) in [4.78, 5) is 0.820. The van der Waals surface area contributed by atoms with Gasteiger partial charge in [0, 0.05) is 11.8 Å². The third kappa shape index (κ3) is 1.76. The van der Waals surface area contributed by atoms with Crippen molar-refractivity contribution in [2.24, 2.45) is 0 Å². The Labute approximate surface area is 88.6 Å². The molecule has 0 radical (unpaired) electrons. The number of halogens is 1. The standard InChI is InChI=1S/C8H6ClNOS2/c9-8-5(2-4-12-8)7(11)6-1-3-10-13-6/h1-4,7,11H. The molecule has 1 unspecified atom stereocenters. The van der Waals surface area contributed by atoms with E-state index in [1.807, 2.05) is 11.4 Å². The van der Waals surface area contributed by atoms with Crippen LogP contribution in [0.5, 0.6) is 0 Å². The van der Waals surface area contributed by atoms with Crippen molar-refractivity contribution in [3.05, 3.63) is 38.5 Å². The molecule has 0 aliphatic heterocycles. The first-order chi connectivity index (χ1) is 6.29. The Kier molecular flexibility index (Phi) is 2.64. The van der Waals surface area contributed by atoms with Crippen LogP contribution in [0.3, 0.4) is 0 Å². The molecule has 2 aromatic heterocycles. The topological polar surface area (TPSA) is 33.1 Å². The second kappa shape index (κ2) is 3.75. The van der Waals surface area contributed by atoms with Crippen LogP contribution in [-0.2, 0) is 0 Å². The van der Waals surface area contributed by atoms with Gasteiger partial charge in [-0.2, -0.15) is 0 Å². The maximum atomic E-state index is 9.84. The molecule has 0 aliphatic carbocycles. The van der Waals surface area contributed by atoms with Gasteiger partial charge in [-0.25, -0.2) is 4.37 Å². The molecule has 0 bridgehead atoms. The van der Waals surface area contributed by atoms with Crippen LogP contribution in [-0.4, -0.2) is 9.48 Å².